The number of carbonyl (C=O) groups excluding carboxylic acids is 2. The van der Waals surface area contributed by atoms with E-state index in [1.807, 2.05) is 60.7 Å². The van der Waals surface area contributed by atoms with Gasteiger partial charge in [0.25, 0.3) is 0 Å². The van der Waals surface area contributed by atoms with Crippen molar-refractivity contribution in [1.82, 2.24) is 0 Å². The van der Waals surface area contributed by atoms with Crippen LogP contribution in [0.5, 0.6) is 5.75 Å². The van der Waals surface area contributed by atoms with Crippen molar-refractivity contribution < 1.29 is 28.5 Å². The molecule has 0 amide bonds. The normalized spacial score (nSPS) is 10.9. The number of benzene rings is 2. The van der Waals surface area contributed by atoms with Gasteiger partial charge >= 0.3 is 5.97 Å². The average Bonchev–Trinajstić information content (AvgIpc) is 2.77. The maximum atomic E-state index is 12.4. The van der Waals surface area contributed by atoms with Crippen LogP contribution in [-0.2, 0) is 30.4 Å². The lowest BCUT2D eigenvalue weighted by atomic mass is 10.1. The zero-order chi connectivity index (χ0) is 22.3. The van der Waals surface area contributed by atoms with Gasteiger partial charge in [0.05, 0.1) is 32.3 Å². The summed E-state index contributed by atoms with van der Waals surface area (Å²) in [6.07, 6.45) is 0.482. The Morgan fingerprint density at radius 1 is 0.778 bits per heavy atom. The number of Topliss-reactive ketones (excluding diaryl/α,β-unsaturated/α-hetero) is 1. The van der Waals surface area contributed by atoms with E-state index in [1.165, 1.54) is 6.92 Å². The molecule has 2 unspecified atom stereocenters. The van der Waals surface area contributed by atoms with Gasteiger partial charge in [0.2, 0.25) is 0 Å². The number of ketones is 1. The highest BCUT2D eigenvalue weighted by molar-refractivity contribution is 5.77. The maximum Gasteiger partial charge on any atom is 0.308 e. The largest absolute Gasteiger partial charge is 0.493 e. The Hall–Kier alpha value is -2.64. The van der Waals surface area contributed by atoms with Gasteiger partial charge in [0, 0.05) is 34.8 Å². The predicted octanol–water partition coefficient (Wildman–Crippen LogP) is 6.52. The van der Waals surface area contributed by atoms with Crippen LogP contribution in [0.15, 0.2) is 60.7 Å². The van der Waals surface area contributed by atoms with Crippen molar-refractivity contribution in [3.63, 3.8) is 0 Å². The smallest absolute Gasteiger partial charge is 0.308 e. The van der Waals surface area contributed by atoms with Gasteiger partial charge in [-0.2, -0.15) is 0 Å². The first-order valence-corrected chi connectivity index (χ1v) is 10.6. The van der Waals surface area contributed by atoms with Crippen LogP contribution in [-0.4, -0.2) is 52.7 Å². The van der Waals surface area contributed by atoms with E-state index in [0.29, 0.717) is 32.7 Å². The summed E-state index contributed by atoms with van der Waals surface area (Å²) < 4.78 is 22.3. The Morgan fingerprint density at radius 3 is 1.89 bits per heavy atom. The van der Waals surface area contributed by atoms with Crippen LogP contribution in [0.1, 0.15) is 67.9 Å². The molecule has 0 aliphatic heterocycles. The molecule has 0 aliphatic rings. The molecule has 0 heterocycles. The summed E-state index contributed by atoms with van der Waals surface area (Å²) in [6, 6.07) is 19.3. The summed E-state index contributed by atoms with van der Waals surface area (Å²) in [7, 11) is 1.56. The van der Waals surface area contributed by atoms with Crippen molar-refractivity contribution in [3.8, 4) is 5.75 Å². The van der Waals surface area contributed by atoms with Crippen LogP contribution in [0.2, 0.25) is 0 Å². The maximum absolute atomic E-state index is 12.4. The lowest BCUT2D eigenvalue weighted by Crippen LogP contribution is -2.26. The summed E-state index contributed by atoms with van der Waals surface area (Å²) in [5.41, 5.74) is 1.07. The third-order valence-electron chi connectivity index (χ3n) is 4.69. The Labute approximate surface area is 222 Å². The van der Waals surface area contributed by atoms with E-state index >= 15 is 0 Å². The van der Waals surface area contributed by atoms with Crippen molar-refractivity contribution in [2.24, 2.45) is 0 Å². The van der Waals surface area contributed by atoms with Crippen LogP contribution in [0.4, 0.5) is 0 Å². The molecule has 6 nitrogen and oxygen atoms in total. The summed E-state index contributed by atoms with van der Waals surface area (Å²) in [5, 5.41) is 0. The molecule has 0 bridgehead atoms. The van der Waals surface area contributed by atoms with Crippen LogP contribution in [0.25, 0.3) is 0 Å². The van der Waals surface area contributed by atoms with E-state index in [2.05, 4.69) is 0 Å². The molecule has 36 heavy (non-hydrogen) atoms. The summed E-state index contributed by atoms with van der Waals surface area (Å²) >= 11 is 0. The van der Waals surface area contributed by atoms with Crippen molar-refractivity contribution in [1.29, 1.82) is 0 Å². The van der Waals surface area contributed by atoms with Crippen molar-refractivity contribution in [3.05, 3.63) is 66.2 Å². The van der Waals surface area contributed by atoms with Gasteiger partial charge in [-0.3, -0.25) is 9.59 Å². The molecule has 2 aromatic rings. The first-order chi connectivity index (χ1) is 15.1. The van der Waals surface area contributed by atoms with E-state index in [1.54, 1.807) is 7.11 Å². The summed E-state index contributed by atoms with van der Waals surface area (Å²) in [4.78, 5) is 24.0. The van der Waals surface area contributed by atoms with E-state index in [-0.39, 0.29) is 68.8 Å². The lowest BCUT2D eigenvalue weighted by molar-refractivity contribution is -0.153. The quantitative estimate of drug-likeness (QED) is 0.157. The number of ether oxygens (including phenoxy) is 4. The molecule has 0 spiro atoms. The fourth-order valence-electron chi connectivity index (χ4n) is 3.05. The summed E-state index contributed by atoms with van der Waals surface area (Å²) in [6.45, 7) is 2.80. The molecule has 0 aromatic heterocycles. The summed E-state index contributed by atoms with van der Waals surface area (Å²) in [5.74, 6) is 0.359. The molecule has 0 saturated carbocycles. The molecule has 203 valence electrons. The fraction of sp³-hybridized carbons (Fsp3) is 0.517. The van der Waals surface area contributed by atoms with Crippen LogP contribution >= 0.6 is 0 Å². The number of rotatable bonds is 15. The van der Waals surface area contributed by atoms with Gasteiger partial charge in [0.1, 0.15) is 17.6 Å². The highest BCUT2D eigenvalue weighted by atomic mass is 16.5. The van der Waals surface area contributed by atoms with E-state index in [9.17, 15) is 9.59 Å². The molecule has 0 N–H and O–H groups in total. The Morgan fingerprint density at radius 2 is 1.33 bits per heavy atom. The SMILES string of the molecule is C.C.C.C.COC(CCOc1ccccc1)CC(=O)OC(CCOCc1ccccc1)CC(C)=O.[B]. The molecule has 2 atom stereocenters. The van der Waals surface area contributed by atoms with Crippen molar-refractivity contribution in [2.75, 3.05) is 20.3 Å². The molecule has 2 aromatic carbocycles. The zero-order valence-corrected chi connectivity index (χ0v) is 18.9. The van der Waals surface area contributed by atoms with Gasteiger partial charge in [-0.25, -0.2) is 0 Å². The molecule has 0 saturated heterocycles. The molecule has 0 aliphatic carbocycles. The molecule has 2 rings (SSSR count). The second-order valence-electron chi connectivity index (χ2n) is 7.36. The lowest BCUT2D eigenvalue weighted by Gasteiger charge is -2.19. The van der Waals surface area contributed by atoms with Gasteiger partial charge in [-0.05, 0) is 24.6 Å². The molecular formula is C29H48BO6. The minimum atomic E-state index is -0.501. The number of methoxy groups -OCH3 is 1. The number of hydrogen-bond donors (Lipinski definition) is 0. The van der Waals surface area contributed by atoms with Gasteiger partial charge in [0.15, 0.2) is 0 Å². The van der Waals surface area contributed by atoms with Crippen LogP contribution in [0.3, 0.4) is 0 Å². The standard InChI is InChI=1S/C25H32O6.4CH4.B/c1-20(26)17-24(13-15-29-19-21-9-5-3-6-10-21)31-25(27)18-23(28-2)14-16-30-22-11-7-4-8-12-22;;;;;/h3-12,23-24H,13-19H2,1-2H3;4*1H4;. The predicted molar refractivity (Wildman–Crippen MR) is 151 cm³/mol. The molecule has 0 fully saturated rings. The van der Waals surface area contributed by atoms with E-state index in [0.717, 1.165) is 11.3 Å². The monoisotopic (exact) mass is 503 g/mol. The number of para-hydroxylation sites is 1. The van der Waals surface area contributed by atoms with Gasteiger partial charge < -0.3 is 18.9 Å². The minimum Gasteiger partial charge on any atom is -0.493 e. The van der Waals surface area contributed by atoms with Crippen molar-refractivity contribution >= 4 is 20.2 Å². The second-order valence-corrected chi connectivity index (χ2v) is 7.36. The molecule has 3 radical (unpaired) electrons. The fourth-order valence-corrected chi connectivity index (χ4v) is 3.05. The zero-order valence-electron chi connectivity index (χ0n) is 18.9. The number of esters is 1. The Bertz CT molecular complexity index is 770. The highest BCUT2D eigenvalue weighted by Crippen LogP contribution is 2.13. The second kappa shape index (κ2) is 24.1. The van der Waals surface area contributed by atoms with Crippen LogP contribution in [0, 0.1) is 0 Å². The number of hydrogen-bond acceptors (Lipinski definition) is 6. The Balaban J connectivity index is -0.00000102. The highest BCUT2D eigenvalue weighted by Gasteiger charge is 2.20. The third kappa shape index (κ3) is 17.7. The molecule has 7 heteroatoms. The first-order valence-electron chi connectivity index (χ1n) is 10.6. The minimum absolute atomic E-state index is 0. The molecular weight excluding hydrogens is 455 g/mol. The third-order valence-corrected chi connectivity index (χ3v) is 4.69. The van der Waals surface area contributed by atoms with Crippen LogP contribution < -0.4 is 4.74 Å². The van der Waals surface area contributed by atoms with Gasteiger partial charge in [-0.15, -0.1) is 0 Å². The topological polar surface area (TPSA) is 71.1 Å². The van der Waals surface area contributed by atoms with E-state index in [4.69, 9.17) is 18.9 Å². The first kappa shape index (κ1) is 40.5. The van der Waals surface area contributed by atoms with Gasteiger partial charge in [-0.1, -0.05) is 78.2 Å². The Kier molecular flexibility index (Phi) is 27.1. The number of carbonyl (C=O) groups is 2. The van der Waals surface area contributed by atoms with E-state index < -0.39 is 6.10 Å². The average molecular weight is 504 g/mol. The van der Waals surface area contributed by atoms with Crippen molar-refractivity contribution in [2.45, 2.75) is 81.1 Å².